The Hall–Kier alpha value is -2.43. The van der Waals surface area contributed by atoms with Crippen LogP contribution >= 0.6 is 0 Å². The number of unbranched alkanes of at least 4 members (excludes halogenated alkanes) is 1. The maximum absolute atomic E-state index is 4.05. The Balaban J connectivity index is 1.76. The fraction of sp³-hybridized carbons (Fsp3) is 0.312. The van der Waals surface area contributed by atoms with E-state index in [1.165, 1.54) is 16.3 Å². The minimum atomic E-state index is 0.716. The fourth-order valence-corrected chi connectivity index (χ4v) is 2.41. The van der Waals surface area contributed by atoms with Crippen molar-refractivity contribution in [3.05, 3.63) is 48.0 Å². The first-order valence-electron chi connectivity index (χ1n) is 7.35. The van der Waals surface area contributed by atoms with Crippen LogP contribution in [0.5, 0.6) is 0 Å². The Kier molecular flexibility index (Phi) is 4.09. The summed E-state index contributed by atoms with van der Waals surface area (Å²) < 4.78 is 1.83. The van der Waals surface area contributed by atoms with Crippen LogP contribution in [0, 0.1) is 0 Å². The minimum Gasteiger partial charge on any atom is -0.349 e. The van der Waals surface area contributed by atoms with Gasteiger partial charge in [-0.15, -0.1) is 0 Å². The molecule has 3 aromatic rings. The average molecular weight is 281 g/mol. The van der Waals surface area contributed by atoms with E-state index in [-0.39, 0.29) is 0 Å². The Morgan fingerprint density at radius 3 is 2.86 bits per heavy atom. The second-order valence-electron chi connectivity index (χ2n) is 5.07. The number of fused-ring (bicyclic) bond motifs is 1. The van der Waals surface area contributed by atoms with Crippen molar-refractivity contribution in [2.24, 2.45) is 0 Å². The molecular weight excluding hydrogens is 262 g/mol. The molecule has 2 aromatic carbocycles. The maximum atomic E-state index is 4.05. The van der Waals surface area contributed by atoms with Crippen LogP contribution in [0.15, 0.2) is 42.5 Å². The van der Waals surface area contributed by atoms with E-state index in [9.17, 15) is 0 Å². The highest BCUT2D eigenvalue weighted by atomic mass is 15.6. The van der Waals surface area contributed by atoms with E-state index in [1.807, 2.05) is 4.68 Å². The third-order valence-corrected chi connectivity index (χ3v) is 3.57. The molecule has 0 saturated carbocycles. The van der Waals surface area contributed by atoms with E-state index in [0.717, 1.165) is 25.3 Å². The van der Waals surface area contributed by atoms with E-state index in [1.54, 1.807) is 0 Å². The van der Waals surface area contributed by atoms with Crippen molar-refractivity contribution in [1.29, 1.82) is 0 Å². The topological polar surface area (TPSA) is 55.6 Å². The molecule has 1 heterocycles. The van der Waals surface area contributed by atoms with Crippen LogP contribution in [0.3, 0.4) is 0 Å². The zero-order chi connectivity index (χ0) is 14.5. The number of rotatable bonds is 6. The molecule has 108 valence electrons. The number of nitrogens with zero attached hydrogens (tertiary/aromatic N) is 4. The molecule has 1 aromatic heterocycles. The molecule has 5 heteroatoms. The molecule has 0 aliphatic carbocycles. The number of aromatic nitrogens is 4. The van der Waals surface area contributed by atoms with Crippen molar-refractivity contribution in [3.8, 4) is 0 Å². The van der Waals surface area contributed by atoms with Crippen molar-refractivity contribution in [2.45, 2.75) is 32.9 Å². The first-order chi connectivity index (χ1) is 10.4. The number of anilines is 1. The van der Waals surface area contributed by atoms with Gasteiger partial charge in [0, 0.05) is 13.1 Å². The second-order valence-corrected chi connectivity index (χ2v) is 5.07. The summed E-state index contributed by atoms with van der Waals surface area (Å²) in [6.07, 6.45) is 2.20. The van der Waals surface area contributed by atoms with Crippen molar-refractivity contribution in [2.75, 3.05) is 5.32 Å². The molecule has 3 rings (SSSR count). The van der Waals surface area contributed by atoms with E-state index in [0.29, 0.717) is 6.54 Å². The molecule has 0 radical (unpaired) electrons. The lowest BCUT2D eigenvalue weighted by molar-refractivity contribution is 0.556. The number of nitrogens with one attached hydrogen (secondary N) is 1. The van der Waals surface area contributed by atoms with Gasteiger partial charge in [-0.25, -0.2) is 4.68 Å². The van der Waals surface area contributed by atoms with Crippen molar-refractivity contribution in [1.82, 2.24) is 20.2 Å². The Labute approximate surface area is 124 Å². The van der Waals surface area contributed by atoms with E-state index in [2.05, 4.69) is 70.2 Å². The monoisotopic (exact) mass is 281 g/mol. The third-order valence-electron chi connectivity index (χ3n) is 3.57. The van der Waals surface area contributed by atoms with Gasteiger partial charge in [0.15, 0.2) is 0 Å². The van der Waals surface area contributed by atoms with E-state index in [4.69, 9.17) is 0 Å². The lowest BCUT2D eigenvalue weighted by Crippen LogP contribution is -2.09. The largest absolute Gasteiger partial charge is 0.349 e. The normalized spacial score (nSPS) is 10.9. The van der Waals surface area contributed by atoms with Gasteiger partial charge >= 0.3 is 0 Å². The van der Waals surface area contributed by atoms with Gasteiger partial charge in [0.25, 0.3) is 0 Å². The summed E-state index contributed by atoms with van der Waals surface area (Å²) in [7, 11) is 0. The first kappa shape index (κ1) is 13.5. The molecule has 0 atom stereocenters. The summed E-state index contributed by atoms with van der Waals surface area (Å²) in [6, 6.07) is 14.7. The molecule has 0 spiro atoms. The van der Waals surface area contributed by atoms with E-state index < -0.39 is 0 Å². The van der Waals surface area contributed by atoms with Gasteiger partial charge in [0.05, 0.1) is 0 Å². The standard InChI is InChI=1S/C16H19N5/c1-2-3-11-21-16(18-19-20-21)17-12-14-9-6-8-13-7-4-5-10-15(13)14/h4-10H,2-3,11-12H2,1H3,(H,17,18,20). The zero-order valence-electron chi connectivity index (χ0n) is 12.2. The van der Waals surface area contributed by atoms with Gasteiger partial charge in [-0.05, 0) is 33.2 Å². The first-order valence-corrected chi connectivity index (χ1v) is 7.35. The molecule has 0 saturated heterocycles. The summed E-state index contributed by atoms with van der Waals surface area (Å²) in [4.78, 5) is 0. The minimum absolute atomic E-state index is 0.716. The highest BCUT2D eigenvalue weighted by Gasteiger charge is 2.06. The summed E-state index contributed by atoms with van der Waals surface area (Å²) >= 11 is 0. The van der Waals surface area contributed by atoms with Crippen LogP contribution in [-0.4, -0.2) is 20.2 Å². The van der Waals surface area contributed by atoms with Crippen LogP contribution in [0.2, 0.25) is 0 Å². The van der Waals surface area contributed by atoms with Crippen LogP contribution < -0.4 is 5.32 Å². The predicted molar refractivity (Wildman–Crippen MR) is 84.0 cm³/mol. The lowest BCUT2D eigenvalue weighted by Gasteiger charge is -2.09. The molecule has 21 heavy (non-hydrogen) atoms. The lowest BCUT2D eigenvalue weighted by atomic mass is 10.0. The molecule has 1 N–H and O–H groups in total. The second kappa shape index (κ2) is 6.35. The molecule has 0 aliphatic rings. The molecule has 0 bridgehead atoms. The SMILES string of the molecule is CCCCn1nnnc1NCc1cccc2ccccc12. The molecule has 0 unspecified atom stereocenters. The highest BCUT2D eigenvalue weighted by molar-refractivity contribution is 5.85. The molecule has 5 nitrogen and oxygen atoms in total. The predicted octanol–water partition coefficient (Wildman–Crippen LogP) is 3.24. The molecule has 0 aliphatic heterocycles. The van der Waals surface area contributed by atoms with Gasteiger partial charge < -0.3 is 5.32 Å². The summed E-state index contributed by atoms with van der Waals surface area (Å²) in [5.41, 5.74) is 1.25. The van der Waals surface area contributed by atoms with Gasteiger partial charge in [-0.1, -0.05) is 60.9 Å². The number of aryl methyl sites for hydroxylation is 1. The van der Waals surface area contributed by atoms with E-state index >= 15 is 0 Å². The highest BCUT2D eigenvalue weighted by Crippen LogP contribution is 2.19. The van der Waals surface area contributed by atoms with Crippen LogP contribution in [-0.2, 0) is 13.1 Å². The van der Waals surface area contributed by atoms with Gasteiger partial charge in [0.2, 0.25) is 5.95 Å². The van der Waals surface area contributed by atoms with Crippen molar-refractivity contribution < 1.29 is 0 Å². The van der Waals surface area contributed by atoms with Crippen LogP contribution in [0.25, 0.3) is 10.8 Å². The van der Waals surface area contributed by atoms with Gasteiger partial charge in [-0.2, -0.15) is 0 Å². The smallest absolute Gasteiger partial charge is 0.243 e. The quantitative estimate of drug-likeness (QED) is 0.753. The summed E-state index contributed by atoms with van der Waals surface area (Å²) in [5, 5.41) is 17.7. The number of benzene rings is 2. The number of tetrazole rings is 1. The zero-order valence-corrected chi connectivity index (χ0v) is 12.2. The van der Waals surface area contributed by atoms with Gasteiger partial charge in [-0.3, -0.25) is 0 Å². The van der Waals surface area contributed by atoms with Crippen molar-refractivity contribution >= 4 is 16.7 Å². The Morgan fingerprint density at radius 1 is 1.10 bits per heavy atom. The Bertz CT molecular complexity index is 714. The molecular formula is C16H19N5. The number of hydrogen-bond acceptors (Lipinski definition) is 4. The number of hydrogen-bond donors (Lipinski definition) is 1. The van der Waals surface area contributed by atoms with Crippen molar-refractivity contribution in [3.63, 3.8) is 0 Å². The summed E-state index contributed by atoms with van der Waals surface area (Å²) in [5.74, 6) is 0.733. The fourth-order valence-electron chi connectivity index (χ4n) is 2.41. The maximum Gasteiger partial charge on any atom is 0.243 e. The molecule has 0 fully saturated rings. The van der Waals surface area contributed by atoms with Crippen LogP contribution in [0.1, 0.15) is 25.3 Å². The Morgan fingerprint density at radius 2 is 1.95 bits per heavy atom. The summed E-state index contributed by atoms with van der Waals surface area (Å²) in [6.45, 7) is 3.72. The van der Waals surface area contributed by atoms with Crippen LogP contribution in [0.4, 0.5) is 5.95 Å². The molecule has 0 amide bonds. The van der Waals surface area contributed by atoms with Gasteiger partial charge in [0.1, 0.15) is 0 Å². The average Bonchev–Trinajstić information content (AvgIpc) is 2.98. The third kappa shape index (κ3) is 3.02.